The van der Waals surface area contributed by atoms with Crippen molar-refractivity contribution in [2.75, 3.05) is 34.4 Å². The molecule has 2 aromatic rings. The molecule has 0 fully saturated rings. The van der Waals surface area contributed by atoms with Gasteiger partial charge in [-0.2, -0.15) is 0 Å². The van der Waals surface area contributed by atoms with Crippen LogP contribution in [0.2, 0.25) is 0 Å². The Labute approximate surface area is 156 Å². The molecule has 0 heterocycles. The second kappa shape index (κ2) is 10.3. The van der Waals surface area contributed by atoms with E-state index in [9.17, 15) is 0 Å². The van der Waals surface area contributed by atoms with Gasteiger partial charge in [0.2, 0.25) is 0 Å². The van der Waals surface area contributed by atoms with Gasteiger partial charge in [-0.3, -0.25) is 4.99 Å². The minimum absolute atomic E-state index is 0.794. The van der Waals surface area contributed by atoms with Gasteiger partial charge in [-0.1, -0.05) is 29.8 Å². The van der Waals surface area contributed by atoms with E-state index in [1.165, 1.54) is 16.7 Å². The van der Waals surface area contributed by atoms with E-state index in [1.807, 2.05) is 18.2 Å². The van der Waals surface area contributed by atoms with Gasteiger partial charge in [0.1, 0.15) is 11.5 Å². The van der Waals surface area contributed by atoms with E-state index in [4.69, 9.17) is 9.47 Å². The van der Waals surface area contributed by atoms with Crippen molar-refractivity contribution in [2.45, 2.75) is 19.8 Å². The van der Waals surface area contributed by atoms with Crippen molar-refractivity contribution in [2.24, 2.45) is 4.99 Å². The number of rotatable bonds is 8. The van der Waals surface area contributed by atoms with E-state index in [1.54, 1.807) is 21.3 Å². The third kappa shape index (κ3) is 5.99. The molecule has 0 aromatic heterocycles. The standard InChI is InChI=1S/C21H29N3O2/c1-16-5-10-20(26-4)18(15-16)12-14-24-21(22-2)23-13-11-17-6-8-19(25-3)9-7-17/h5-10,15H,11-14H2,1-4H3,(H2,22,23,24). The number of hydrogen-bond acceptors (Lipinski definition) is 3. The molecule has 0 aliphatic heterocycles. The predicted molar refractivity (Wildman–Crippen MR) is 107 cm³/mol. The molecule has 2 rings (SSSR count). The zero-order valence-corrected chi connectivity index (χ0v) is 16.1. The molecule has 26 heavy (non-hydrogen) atoms. The van der Waals surface area contributed by atoms with Crippen LogP contribution in [0, 0.1) is 6.92 Å². The average molecular weight is 355 g/mol. The maximum Gasteiger partial charge on any atom is 0.190 e. The van der Waals surface area contributed by atoms with Crippen LogP contribution >= 0.6 is 0 Å². The number of benzene rings is 2. The van der Waals surface area contributed by atoms with Crippen molar-refractivity contribution < 1.29 is 9.47 Å². The predicted octanol–water partition coefficient (Wildman–Crippen LogP) is 2.96. The molecule has 5 heteroatoms. The van der Waals surface area contributed by atoms with Gasteiger partial charge >= 0.3 is 0 Å². The monoisotopic (exact) mass is 355 g/mol. The number of ether oxygens (including phenoxy) is 2. The molecular weight excluding hydrogens is 326 g/mol. The summed E-state index contributed by atoms with van der Waals surface area (Å²) >= 11 is 0. The molecular formula is C21H29N3O2. The number of aryl methyl sites for hydroxylation is 1. The van der Waals surface area contributed by atoms with Crippen LogP contribution in [0.15, 0.2) is 47.5 Å². The lowest BCUT2D eigenvalue weighted by Crippen LogP contribution is -2.39. The molecule has 0 aliphatic carbocycles. The van der Waals surface area contributed by atoms with Gasteiger partial charge in [0.05, 0.1) is 14.2 Å². The highest BCUT2D eigenvalue weighted by Gasteiger charge is 2.04. The summed E-state index contributed by atoms with van der Waals surface area (Å²) in [7, 11) is 5.18. The van der Waals surface area contributed by atoms with Crippen molar-refractivity contribution >= 4 is 5.96 Å². The van der Waals surface area contributed by atoms with Crippen LogP contribution in [0.4, 0.5) is 0 Å². The van der Waals surface area contributed by atoms with E-state index in [-0.39, 0.29) is 0 Å². The first-order valence-corrected chi connectivity index (χ1v) is 8.87. The van der Waals surface area contributed by atoms with Crippen molar-refractivity contribution in [3.8, 4) is 11.5 Å². The average Bonchev–Trinajstić information content (AvgIpc) is 2.67. The van der Waals surface area contributed by atoms with Crippen LogP contribution in [-0.2, 0) is 12.8 Å². The molecule has 0 bridgehead atoms. The van der Waals surface area contributed by atoms with E-state index < -0.39 is 0 Å². The van der Waals surface area contributed by atoms with Crippen molar-refractivity contribution in [3.05, 3.63) is 59.2 Å². The SMILES string of the molecule is CN=C(NCCc1ccc(OC)cc1)NCCc1cc(C)ccc1OC. The highest BCUT2D eigenvalue weighted by atomic mass is 16.5. The zero-order chi connectivity index (χ0) is 18.8. The lowest BCUT2D eigenvalue weighted by molar-refractivity contribution is 0.409. The zero-order valence-electron chi connectivity index (χ0n) is 16.1. The number of aliphatic imine (C=N–C) groups is 1. The lowest BCUT2D eigenvalue weighted by Gasteiger charge is -2.13. The van der Waals surface area contributed by atoms with Gasteiger partial charge in [0.15, 0.2) is 5.96 Å². The Balaban J connectivity index is 1.76. The summed E-state index contributed by atoms with van der Waals surface area (Å²) in [6, 6.07) is 14.4. The van der Waals surface area contributed by atoms with E-state index in [0.29, 0.717) is 0 Å². The van der Waals surface area contributed by atoms with E-state index in [2.05, 4.69) is 46.8 Å². The summed E-state index contributed by atoms with van der Waals surface area (Å²) in [5.74, 6) is 2.62. The molecule has 2 N–H and O–H groups in total. The first-order valence-electron chi connectivity index (χ1n) is 8.87. The van der Waals surface area contributed by atoms with Crippen LogP contribution in [-0.4, -0.2) is 40.3 Å². The molecule has 5 nitrogen and oxygen atoms in total. The Morgan fingerprint density at radius 3 is 2.23 bits per heavy atom. The summed E-state index contributed by atoms with van der Waals surface area (Å²) in [4.78, 5) is 4.28. The normalized spacial score (nSPS) is 11.2. The minimum atomic E-state index is 0.794. The first kappa shape index (κ1) is 19.6. The molecule has 0 saturated carbocycles. The van der Waals surface area contributed by atoms with Crippen LogP contribution in [0.3, 0.4) is 0 Å². The number of methoxy groups -OCH3 is 2. The van der Waals surface area contributed by atoms with Crippen LogP contribution < -0.4 is 20.1 Å². The van der Waals surface area contributed by atoms with Gasteiger partial charge in [-0.05, 0) is 49.1 Å². The van der Waals surface area contributed by atoms with E-state index >= 15 is 0 Å². The van der Waals surface area contributed by atoms with Crippen LogP contribution in [0.5, 0.6) is 11.5 Å². The Morgan fingerprint density at radius 1 is 0.923 bits per heavy atom. The molecule has 2 aromatic carbocycles. The summed E-state index contributed by atoms with van der Waals surface area (Å²) < 4.78 is 10.6. The van der Waals surface area contributed by atoms with Crippen molar-refractivity contribution in [3.63, 3.8) is 0 Å². The highest BCUT2D eigenvalue weighted by molar-refractivity contribution is 5.79. The van der Waals surface area contributed by atoms with Gasteiger partial charge < -0.3 is 20.1 Å². The fraction of sp³-hybridized carbons (Fsp3) is 0.381. The summed E-state index contributed by atoms with van der Waals surface area (Å²) in [6.45, 7) is 3.71. The number of guanidine groups is 1. The smallest absolute Gasteiger partial charge is 0.190 e. The van der Waals surface area contributed by atoms with Gasteiger partial charge in [-0.25, -0.2) is 0 Å². The summed E-state index contributed by atoms with van der Waals surface area (Å²) in [6.07, 6.45) is 1.81. The van der Waals surface area contributed by atoms with Gasteiger partial charge in [0, 0.05) is 20.1 Å². The number of hydrogen-bond donors (Lipinski definition) is 2. The summed E-state index contributed by atoms with van der Waals surface area (Å²) in [5.41, 5.74) is 3.70. The van der Waals surface area contributed by atoms with Gasteiger partial charge in [-0.15, -0.1) is 0 Å². The third-order valence-corrected chi connectivity index (χ3v) is 4.21. The lowest BCUT2D eigenvalue weighted by atomic mass is 10.1. The fourth-order valence-corrected chi connectivity index (χ4v) is 2.76. The summed E-state index contributed by atoms with van der Waals surface area (Å²) in [5, 5.41) is 6.71. The van der Waals surface area contributed by atoms with Crippen LogP contribution in [0.25, 0.3) is 0 Å². The van der Waals surface area contributed by atoms with Gasteiger partial charge in [0.25, 0.3) is 0 Å². The van der Waals surface area contributed by atoms with Crippen molar-refractivity contribution in [1.82, 2.24) is 10.6 Å². The first-order chi connectivity index (χ1) is 12.7. The van der Waals surface area contributed by atoms with E-state index in [0.717, 1.165) is 43.4 Å². The largest absolute Gasteiger partial charge is 0.497 e. The molecule has 0 amide bonds. The third-order valence-electron chi connectivity index (χ3n) is 4.21. The molecule has 0 spiro atoms. The topological polar surface area (TPSA) is 54.9 Å². The Bertz CT molecular complexity index is 712. The second-order valence-corrected chi connectivity index (χ2v) is 6.09. The number of nitrogens with one attached hydrogen (secondary N) is 2. The molecule has 0 atom stereocenters. The highest BCUT2D eigenvalue weighted by Crippen LogP contribution is 2.19. The number of nitrogens with zero attached hydrogens (tertiary/aromatic N) is 1. The quantitative estimate of drug-likeness (QED) is 0.565. The van der Waals surface area contributed by atoms with Crippen LogP contribution in [0.1, 0.15) is 16.7 Å². The molecule has 0 saturated heterocycles. The molecule has 0 radical (unpaired) electrons. The minimum Gasteiger partial charge on any atom is -0.497 e. The Morgan fingerprint density at radius 2 is 1.62 bits per heavy atom. The molecule has 0 aliphatic rings. The maximum absolute atomic E-state index is 5.43. The molecule has 0 unspecified atom stereocenters. The van der Waals surface area contributed by atoms with Crippen molar-refractivity contribution in [1.29, 1.82) is 0 Å². The maximum atomic E-state index is 5.43. The molecule has 140 valence electrons. The Hall–Kier alpha value is -2.69. The second-order valence-electron chi connectivity index (χ2n) is 6.09. The fourth-order valence-electron chi connectivity index (χ4n) is 2.76. The Kier molecular flexibility index (Phi) is 7.80.